The number of sulfonamides is 1. The second kappa shape index (κ2) is 6.92. The van der Waals surface area contributed by atoms with Crippen molar-refractivity contribution in [2.45, 2.75) is 18.7 Å². The van der Waals surface area contributed by atoms with Gasteiger partial charge in [0.1, 0.15) is 10.6 Å². The summed E-state index contributed by atoms with van der Waals surface area (Å²) in [6.07, 6.45) is 0. The van der Waals surface area contributed by atoms with E-state index >= 15 is 0 Å². The minimum absolute atomic E-state index is 0.00315. The van der Waals surface area contributed by atoms with Crippen molar-refractivity contribution in [1.29, 1.82) is 0 Å². The maximum absolute atomic E-state index is 11.5. The monoisotopic (exact) mass is 320 g/mol. The van der Waals surface area contributed by atoms with Crippen LogP contribution in [0.2, 0.25) is 5.02 Å². The largest absolute Gasteiger partial charge is 0.482 e. The van der Waals surface area contributed by atoms with Crippen molar-refractivity contribution >= 4 is 27.5 Å². The number of ether oxygens (including phenoxy) is 1. The van der Waals surface area contributed by atoms with Gasteiger partial charge in [-0.15, -0.1) is 0 Å². The van der Waals surface area contributed by atoms with Gasteiger partial charge >= 0.3 is 0 Å². The lowest BCUT2D eigenvalue weighted by molar-refractivity contribution is -0.123. The highest BCUT2D eigenvalue weighted by molar-refractivity contribution is 7.89. The first-order chi connectivity index (χ1) is 9.20. The van der Waals surface area contributed by atoms with E-state index in [2.05, 4.69) is 5.32 Å². The van der Waals surface area contributed by atoms with Gasteiger partial charge in [-0.3, -0.25) is 4.79 Å². The van der Waals surface area contributed by atoms with Gasteiger partial charge in [0.25, 0.3) is 5.91 Å². The van der Waals surface area contributed by atoms with Gasteiger partial charge in [0.2, 0.25) is 10.0 Å². The fourth-order valence-corrected chi connectivity index (χ4v) is 2.27. The molecule has 0 spiro atoms. The molecule has 112 valence electrons. The van der Waals surface area contributed by atoms with E-state index in [1.807, 2.05) is 13.8 Å². The molecule has 0 fully saturated rings. The molecule has 1 aromatic rings. The average Bonchev–Trinajstić information content (AvgIpc) is 2.33. The number of hydrogen-bond donors (Lipinski definition) is 2. The summed E-state index contributed by atoms with van der Waals surface area (Å²) in [5, 5.41) is 7.93. The third-order valence-corrected chi connectivity index (χ3v) is 3.45. The van der Waals surface area contributed by atoms with E-state index in [9.17, 15) is 13.2 Å². The summed E-state index contributed by atoms with van der Waals surface area (Å²) in [4.78, 5) is 11.3. The minimum atomic E-state index is -3.97. The lowest BCUT2D eigenvalue weighted by Crippen LogP contribution is -2.32. The predicted octanol–water partition coefficient (Wildman–Crippen LogP) is 1.14. The highest BCUT2D eigenvalue weighted by atomic mass is 35.5. The number of rotatable bonds is 6. The molecule has 6 nitrogen and oxygen atoms in total. The first-order valence-electron chi connectivity index (χ1n) is 5.92. The zero-order chi connectivity index (χ0) is 15.3. The molecule has 0 aliphatic carbocycles. The quantitative estimate of drug-likeness (QED) is 0.821. The van der Waals surface area contributed by atoms with Gasteiger partial charge in [0.05, 0.1) is 0 Å². The number of carbonyl (C=O) groups excluding carboxylic acids is 1. The van der Waals surface area contributed by atoms with E-state index in [0.29, 0.717) is 12.5 Å². The molecule has 0 radical (unpaired) electrons. The van der Waals surface area contributed by atoms with Gasteiger partial charge in [0, 0.05) is 11.6 Å². The first kappa shape index (κ1) is 16.7. The van der Waals surface area contributed by atoms with Gasteiger partial charge in [0.15, 0.2) is 6.61 Å². The summed E-state index contributed by atoms with van der Waals surface area (Å²) in [6.45, 7) is 4.14. The summed E-state index contributed by atoms with van der Waals surface area (Å²) in [5.74, 6) is -0.0277. The fourth-order valence-electron chi connectivity index (χ4n) is 1.34. The molecular weight excluding hydrogens is 304 g/mol. The molecule has 0 unspecified atom stereocenters. The maximum atomic E-state index is 11.5. The van der Waals surface area contributed by atoms with Crippen molar-refractivity contribution in [3.8, 4) is 5.75 Å². The second-order valence-electron chi connectivity index (χ2n) is 4.62. The number of hydrogen-bond acceptors (Lipinski definition) is 4. The highest BCUT2D eigenvalue weighted by Crippen LogP contribution is 2.26. The minimum Gasteiger partial charge on any atom is -0.482 e. The van der Waals surface area contributed by atoms with Crippen LogP contribution in [0.5, 0.6) is 5.75 Å². The smallest absolute Gasteiger partial charge is 0.257 e. The van der Waals surface area contributed by atoms with E-state index < -0.39 is 10.0 Å². The first-order valence-corrected chi connectivity index (χ1v) is 7.84. The summed E-state index contributed by atoms with van der Waals surface area (Å²) in [7, 11) is -3.97. The van der Waals surface area contributed by atoms with Gasteiger partial charge in [-0.05, 0) is 24.1 Å². The number of nitrogens with one attached hydrogen (secondary N) is 1. The molecule has 1 aromatic carbocycles. The van der Waals surface area contributed by atoms with Crippen molar-refractivity contribution in [3.63, 3.8) is 0 Å². The van der Waals surface area contributed by atoms with E-state index in [0.717, 1.165) is 0 Å². The van der Waals surface area contributed by atoms with Crippen molar-refractivity contribution < 1.29 is 17.9 Å². The number of nitrogens with two attached hydrogens (primary N) is 1. The Morgan fingerprint density at radius 1 is 1.45 bits per heavy atom. The molecule has 0 saturated heterocycles. The van der Waals surface area contributed by atoms with Crippen LogP contribution in [0, 0.1) is 5.92 Å². The molecule has 20 heavy (non-hydrogen) atoms. The Kier molecular flexibility index (Phi) is 5.79. The van der Waals surface area contributed by atoms with E-state index in [4.69, 9.17) is 21.5 Å². The normalized spacial score (nSPS) is 11.4. The molecule has 3 N–H and O–H groups in total. The van der Waals surface area contributed by atoms with E-state index in [-0.39, 0.29) is 28.2 Å². The molecule has 0 aliphatic rings. The van der Waals surface area contributed by atoms with Crippen molar-refractivity contribution in [2.24, 2.45) is 11.1 Å². The highest BCUT2D eigenvalue weighted by Gasteiger charge is 2.16. The average molecular weight is 321 g/mol. The van der Waals surface area contributed by atoms with Crippen LogP contribution < -0.4 is 15.2 Å². The van der Waals surface area contributed by atoms with Crippen LogP contribution in [0.15, 0.2) is 23.1 Å². The Balaban J connectivity index is 2.76. The standard InChI is InChI=1S/C12H17ClN2O4S/c1-8(2)6-15-12(16)7-19-10-4-3-9(13)5-11(10)20(14,17)18/h3-5,8H,6-7H2,1-2H3,(H,15,16)(H2,14,17,18). The fraction of sp³-hybridized carbons (Fsp3) is 0.417. The molecular formula is C12H17ClN2O4S. The second-order valence-corrected chi connectivity index (χ2v) is 6.59. The molecule has 0 bridgehead atoms. The Hall–Kier alpha value is -1.31. The topological polar surface area (TPSA) is 98.5 Å². The van der Waals surface area contributed by atoms with Crippen LogP contribution >= 0.6 is 11.6 Å². The molecule has 0 heterocycles. The van der Waals surface area contributed by atoms with Crippen LogP contribution in [-0.4, -0.2) is 27.5 Å². The van der Waals surface area contributed by atoms with Crippen LogP contribution in [0.4, 0.5) is 0 Å². The van der Waals surface area contributed by atoms with E-state index in [1.165, 1.54) is 18.2 Å². The maximum Gasteiger partial charge on any atom is 0.257 e. The van der Waals surface area contributed by atoms with Crippen molar-refractivity contribution in [2.75, 3.05) is 13.2 Å². The summed E-state index contributed by atoms with van der Waals surface area (Å²) in [6, 6.07) is 3.99. The number of carbonyl (C=O) groups is 1. The summed E-state index contributed by atoms with van der Waals surface area (Å²) < 4.78 is 28.0. The molecule has 8 heteroatoms. The number of amides is 1. The molecule has 0 saturated carbocycles. The Labute approximate surface area is 123 Å². The molecule has 0 aromatic heterocycles. The zero-order valence-corrected chi connectivity index (χ0v) is 12.8. The number of benzene rings is 1. The Bertz CT molecular complexity index is 587. The zero-order valence-electron chi connectivity index (χ0n) is 11.2. The van der Waals surface area contributed by atoms with E-state index in [1.54, 1.807) is 0 Å². The third-order valence-electron chi connectivity index (χ3n) is 2.28. The van der Waals surface area contributed by atoms with Crippen LogP contribution in [0.1, 0.15) is 13.8 Å². The van der Waals surface area contributed by atoms with Crippen molar-refractivity contribution in [1.82, 2.24) is 5.32 Å². The Morgan fingerprint density at radius 2 is 2.10 bits per heavy atom. The molecule has 0 aliphatic heterocycles. The van der Waals surface area contributed by atoms with Crippen LogP contribution in [-0.2, 0) is 14.8 Å². The SMILES string of the molecule is CC(C)CNC(=O)COc1ccc(Cl)cc1S(N)(=O)=O. The molecule has 1 rings (SSSR count). The third kappa shape index (κ3) is 5.36. The summed E-state index contributed by atoms with van der Waals surface area (Å²) >= 11 is 5.72. The number of halogens is 1. The number of primary sulfonamides is 1. The molecule has 0 atom stereocenters. The Morgan fingerprint density at radius 3 is 2.65 bits per heavy atom. The summed E-state index contributed by atoms with van der Waals surface area (Å²) in [5.41, 5.74) is 0. The van der Waals surface area contributed by atoms with Gasteiger partial charge < -0.3 is 10.1 Å². The lowest BCUT2D eigenvalue weighted by Gasteiger charge is -2.11. The van der Waals surface area contributed by atoms with Gasteiger partial charge in [-0.2, -0.15) is 0 Å². The van der Waals surface area contributed by atoms with Gasteiger partial charge in [-0.1, -0.05) is 25.4 Å². The predicted molar refractivity (Wildman–Crippen MR) is 76.2 cm³/mol. The van der Waals surface area contributed by atoms with Crippen molar-refractivity contribution in [3.05, 3.63) is 23.2 Å². The lowest BCUT2D eigenvalue weighted by atomic mass is 10.2. The van der Waals surface area contributed by atoms with Gasteiger partial charge in [-0.25, -0.2) is 13.6 Å². The van der Waals surface area contributed by atoms with Crippen LogP contribution in [0.25, 0.3) is 0 Å². The van der Waals surface area contributed by atoms with Crippen LogP contribution in [0.3, 0.4) is 0 Å². The molecule has 1 amide bonds.